The minimum Gasteiger partial charge on any atom is -0.463 e. The maximum atomic E-state index is 10.9. The average Bonchev–Trinajstić information content (AvgIpc) is 2.43. The van der Waals surface area contributed by atoms with Crippen LogP contribution in [0.25, 0.3) is 0 Å². The summed E-state index contributed by atoms with van der Waals surface area (Å²) < 4.78 is 15.5. The van der Waals surface area contributed by atoms with Crippen LogP contribution in [0.1, 0.15) is 20.8 Å². The number of hydrogen-bond donors (Lipinski definition) is 0. The number of rotatable bonds is 3. The van der Waals surface area contributed by atoms with Gasteiger partial charge in [0.1, 0.15) is 0 Å². The molecule has 14 heavy (non-hydrogen) atoms. The van der Waals surface area contributed by atoms with Gasteiger partial charge in [0.05, 0.1) is 18.8 Å². The van der Waals surface area contributed by atoms with Crippen LogP contribution in [0, 0.1) is 0 Å². The molecule has 0 unspecified atom stereocenters. The predicted octanol–water partition coefficient (Wildman–Crippen LogP) is 0.958. The fourth-order valence-corrected chi connectivity index (χ4v) is 1.11. The van der Waals surface area contributed by atoms with Crippen LogP contribution in [-0.4, -0.2) is 31.9 Å². The molecule has 0 amide bonds. The van der Waals surface area contributed by atoms with Crippen LogP contribution >= 0.6 is 0 Å². The fraction of sp³-hybridized carbons (Fsp3) is 0.667. The highest BCUT2D eigenvalue weighted by Crippen LogP contribution is 2.19. The first kappa shape index (κ1) is 11.3. The highest BCUT2D eigenvalue weighted by atomic mass is 16.7. The summed E-state index contributed by atoms with van der Waals surface area (Å²) in [5.41, 5.74) is -0.274. The molecule has 1 saturated heterocycles. The first-order valence-corrected chi connectivity index (χ1v) is 4.68. The topological polar surface area (TPSA) is 44.8 Å². The molecule has 4 nitrogen and oxygen atoms in total. The van der Waals surface area contributed by atoms with Gasteiger partial charge >= 0.3 is 13.1 Å². The van der Waals surface area contributed by atoms with E-state index in [2.05, 4.69) is 0 Å². The molecule has 0 aromatic carbocycles. The second-order valence-electron chi connectivity index (χ2n) is 3.67. The Morgan fingerprint density at radius 3 is 2.86 bits per heavy atom. The number of carbonyl (C=O) groups excluding carboxylic acids is 1. The van der Waals surface area contributed by atoms with E-state index in [-0.39, 0.29) is 11.6 Å². The molecule has 1 aliphatic rings. The standard InChI is InChI=1S/C9H15BO4/c1-4-12-8(11)5-6-10-13-7-9(2,3)14-10/h5-6H,4,7H2,1-3H3/b6-5+. The Morgan fingerprint density at radius 2 is 2.36 bits per heavy atom. The van der Waals surface area contributed by atoms with Crippen molar-refractivity contribution in [3.63, 3.8) is 0 Å². The number of ether oxygens (including phenoxy) is 1. The van der Waals surface area contributed by atoms with Crippen molar-refractivity contribution in [2.45, 2.75) is 26.4 Å². The Bertz CT molecular complexity index is 237. The lowest BCUT2D eigenvalue weighted by atomic mass is 9.90. The van der Waals surface area contributed by atoms with Crippen LogP contribution in [0.5, 0.6) is 0 Å². The molecule has 78 valence electrons. The fourth-order valence-electron chi connectivity index (χ4n) is 1.11. The van der Waals surface area contributed by atoms with Crippen molar-refractivity contribution < 1.29 is 18.8 Å². The van der Waals surface area contributed by atoms with Crippen LogP contribution in [0.15, 0.2) is 12.1 Å². The molecule has 0 aliphatic carbocycles. The van der Waals surface area contributed by atoms with Gasteiger partial charge in [-0.3, -0.25) is 0 Å². The van der Waals surface area contributed by atoms with Crippen LogP contribution in [0.2, 0.25) is 0 Å². The van der Waals surface area contributed by atoms with E-state index in [1.807, 2.05) is 13.8 Å². The lowest BCUT2D eigenvalue weighted by molar-refractivity contribution is -0.137. The van der Waals surface area contributed by atoms with E-state index in [9.17, 15) is 4.79 Å². The molecule has 0 saturated carbocycles. The first-order chi connectivity index (χ1) is 6.53. The van der Waals surface area contributed by atoms with E-state index >= 15 is 0 Å². The van der Waals surface area contributed by atoms with Gasteiger partial charge in [0.25, 0.3) is 0 Å². The molecule has 0 aromatic heterocycles. The van der Waals surface area contributed by atoms with Crippen molar-refractivity contribution >= 4 is 13.1 Å². The number of carbonyl (C=O) groups is 1. The Morgan fingerprint density at radius 1 is 1.64 bits per heavy atom. The number of hydrogen-bond acceptors (Lipinski definition) is 4. The van der Waals surface area contributed by atoms with E-state index in [0.29, 0.717) is 13.2 Å². The van der Waals surface area contributed by atoms with Crippen LogP contribution in [0.3, 0.4) is 0 Å². The van der Waals surface area contributed by atoms with Crippen molar-refractivity contribution in [1.29, 1.82) is 0 Å². The summed E-state index contributed by atoms with van der Waals surface area (Å²) in [6, 6.07) is 0. The molecule has 0 aromatic rings. The van der Waals surface area contributed by atoms with E-state index in [1.165, 1.54) is 6.08 Å². The molecule has 1 heterocycles. The minimum atomic E-state index is -0.436. The summed E-state index contributed by atoms with van der Waals surface area (Å²) in [6.45, 7) is 6.54. The second-order valence-corrected chi connectivity index (χ2v) is 3.67. The minimum absolute atomic E-state index is 0.274. The molecule has 0 radical (unpaired) electrons. The molecule has 1 aliphatic heterocycles. The third-order valence-corrected chi connectivity index (χ3v) is 1.71. The molecule has 0 atom stereocenters. The van der Waals surface area contributed by atoms with Gasteiger partial charge in [0.2, 0.25) is 0 Å². The monoisotopic (exact) mass is 198 g/mol. The Kier molecular flexibility index (Phi) is 3.72. The van der Waals surface area contributed by atoms with Crippen molar-refractivity contribution in [2.75, 3.05) is 13.2 Å². The van der Waals surface area contributed by atoms with E-state index < -0.39 is 7.12 Å². The van der Waals surface area contributed by atoms with Crippen LogP contribution in [-0.2, 0) is 18.8 Å². The van der Waals surface area contributed by atoms with Gasteiger partial charge in [0, 0.05) is 6.08 Å². The molecule has 0 N–H and O–H groups in total. The van der Waals surface area contributed by atoms with Gasteiger partial charge < -0.3 is 14.0 Å². The van der Waals surface area contributed by atoms with Crippen molar-refractivity contribution in [3.05, 3.63) is 12.1 Å². The SMILES string of the molecule is CCOC(=O)/C=C/B1OCC(C)(C)O1. The molecule has 1 rings (SSSR count). The van der Waals surface area contributed by atoms with Crippen LogP contribution < -0.4 is 0 Å². The van der Waals surface area contributed by atoms with Gasteiger partial charge in [-0.25, -0.2) is 4.79 Å². The first-order valence-electron chi connectivity index (χ1n) is 4.68. The lowest BCUT2D eigenvalue weighted by Crippen LogP contribution is -2.23. The Balaban J connectivity index is 2.35. The van der Waals surface area contributed by atoms with E-state index in [4.69, 9.17) is 14.0 Å². The van der Waals surface area contributed by atoms with Gasteiger partial charge in [-0.05, 0) is 26.7 Å². The smallest absolute Gasteiger partial charge is 0.463 e. The molecule has 1 fully saturated rings. The highest BCUT2D eigenvalue weighted by Gasteiger charge is 2.34. The molecule has 0 bridgehead atoms. The zero-order valence-corrected chi connectivity index (χ0v) is 8.78. The quantitative estimate of drug-likeness (QED) is 0.385. The normalized spacial score (nSPS) is 20.4. The summed E-state index contributed by atoms with van der Waals surface area (Å²) in [7, 11) is -0.436. The predicted molar refractivity (Wildman–Crippen MR) is 52.6 cm³/mol. The maximum absolute atomic E-state index is 10.9. The number of esters is 1. The summed E-state index contributed by atoms with van der Waals surface area (Å²) >= 11 is 0. The summed E-state index contributed by atoms with van der Waals surface area (Å²) in [4.78, 5) is 10.9. The van der Waals surface area contributed by atoms with Gasteiger partial charge in [-0.1, -0.05) is 0 Å². The maximum Gasteiger partial charge on any atom is 0.486 e. The Hall–Kier alpha value is -0.805. The zero-order valence-electron chi connectivity index (χ0n) is 8.78. The largest absolute Gasteiger partial charge is 0.486 e. The Labute approximate surface area is 84.4 Å². The van der Waals surface area contributed by atoms with Crippen molar-refractivity contribution in [3.8, 4) is 0 Å². The third-order valence-electron chi connectivity index (χ3n) is 1.71. The van der Waals surface area contributed by atoms with E-state index in [1.54, 1.807) is 12.9 Å². The second kappa shape index (κ2) is 4.62. The average molecular weight is 198 g/mol. The molecule has 5 heteroatoms. The third kappa shape index (κ3) is 3.51. The van der Waals surface area contributed by atoms with Crippen molar-refractivity contribution in [1.82, 2.24) is 0 Å². The zero-order chi connectivity index (χ0) is 10.6. The van der Waals surface area contributed by atoms with Gasteiger partial charge in [0.15, 0.2) is 0 Å². The van der Waals surface area contributed by atoms with E-state index in [0.717, 1.165) is 0 Å². The molecular formula is C9H15BO4. The summed E-state index contributed by atoms with van der Waals surface area (Å²) in [5, 5.41) is 0. The van der Waals surface area contributed by atoms with Crippen LogP contribution in [0.4, 0.5) is 0 Å². The highest BCUT2D eigenvalue weighted by molar-refractivity contribution is 6.51. The van der Waals surface area contributed by atoms with Gasteiger partial charge in [-0.15, -0.1) is 0 Å². The summed E-state index contributed by atoms with van der Waals surface area (Å²) in [6.07, 6.45) is 1.33. The van der Waals surface area contributed by atoms with Gasteiger partial charge in [-0.2, -0.15) is 0 Å². The molecular weight excluding hydrogens is 183 g/mol. The summed E-state index contributed by atoms with van der Waals surface area (Å²) in [5.74, 6) is 1.19. The van der Waals surface area contributed by atoms with Crippen molar-refractivity contribution in [2.24, 2.45) is 0 Å². The lowest BCUT2D eigenvalue weighted by Gasteiger charge is -2.14. The molecule has 0 spiro atoms.